The summed E-state index contributed by atoms with van der Waals surface area (Å²) in [7, 11) is 0. The quantitative estimate of drug-likeness (QED) is 0.666. The van der Waals surface area contributed by atoms with Crippen molar-refractivity contribution in [2.75, 3.05) is 13.2 Å². The number of amides is 1. The molecule has 1 aromatic carbocycles. The number of aliphatic hydroxyl groups is 1. The molecule has 1 aliphatic carbocycles. The first-order valence-electron chi connectivity index (χ1n) is 6.90. The molecule has 1 aliphatic rings. The predicted octanol–water partition coefficient (Wildman–Crippen LogP) is 2.11. The summed E-state index contributed by atoms with van der Waals surface area (Å²) >= 11 is 0. The number of hydrogen-bond donors (Lipinski definition) is 1. The number of halogens is 1. The molecule has 7 heteroatoms. The van der Waals surface area contributed by atoms with Gasteiger partial charge in [-0.2, -0.15) is 0 Å². The molecule has 0 saturated heterocycles. The maximum atomic E-state index is 13.4. The van der Waals surface area contributed by atoms with Crippen LogP contribution in [0.4, 0.5) is 10.1 Å². The number of benzene rings is 1. The van der Waals surface area contributed by atoms with Crippen molar-refractivity contribution < 1.29 is 19.2 Å². The Labute approximate surface area is 121 Å². The van der Waals surface area contributed by atoms with Gasteiger partial charge in [0.1, 0.15) is 11.4 Å². The van der Waals surface area contributed by atoms with Crippen molar-refractivity contribution in [1.82, 2.24) is 4.90 Å². The van der Waals surface area contributed by atoms with Crippen LogP contribution in [0.2, 0.25) is 0 Å². The number of nitro benzene ring substituents is 1. The molecule has 1 N–H and O–H groups in total. The van der Waals surface area contributed by atoms with Crippen LogP contribution in [0, 0.1) is 15.9 Å². The summed E-state index contributed by atoms with van der Waals surface area (Å²) in [6.07, 6.45) is 3.56. The lowest BCUT2D eigenvalue weighted by Crippen LogP contribution is -2.41. The molecule has 0 aliphatic heterocycles. The largest absolute Gasteiger partial charge is 0.395 e. The van der Waals surface area contributed by atoms with E-state index in [9.17, 15) is 19.3 Å². The molecule has 0 unspecified atom stereocenters. The van der Waals surface area contributed by atoms with Gasteiger partial charge in [0.2, 0.25) is 0 Å². The van der Waals surface area contributed by atoms with Crippen LogP contribution in [0.3, 0.4) is 0 Å². The monoisotopic (exact) mass is 296 g/mol. The van der Waals surface area contributed by atoms with Gasteiger partial charge in [-0.3, -0.25) is 14.9 Å². The summed E-state index contributed by atoms with van der Waals surface area (Å²) in [5, 5.41) is 20.1. The lowest BCUT2D eigenvalue weighted by molar-refractivity contribution is -0.385. The Morgan fingerprint density at radius 1 is 1.43 bits per heavy atom. The molecular weight excluding hydrogens is 279 g/mol. The highest BCUT2D eigenvalue weighted by atomic mass is 19.1. The lowest BCUT2D eigenvalue weighted by atomic mass is 10.1. The van der Waals surface area contributed by atoms with Gasteiger partial charge in [0.25, 0.3) is 11.6 Å². The van der Waals surface area contributed by atoms with E-state index in [0.717, 1.165) is 43.9 Å². The third-order valence-electron chi connectivity index (χ3n) is 3.75. The minimum absolute atomic E-state index is 0.0486. The van der Waals surface area contributed by atoms with Gasteiger partial charge in [0.15, 0.2) is 0 Å². The number of carbonyl (C=O) groups is 1. The molecule has 21 heavy (non-hydrogen) atoms. The zero-order valence-electron chi connectivity index (χ0n) is 11.5. The van der Waals surface area contributed by atoms with E-state index in [4.69, 9.17) is 5.11 Å². The van der Waals surface area contributed by atoms with E-state index in [0.29, 0.717) is 0 Å². The van der Waals surface area contributed by atoms with Crippen LogP contribution in [0.5, 0.6) is 0 Å². The normalized spacial score (nSPS) is 15.1. The molecule has 2 rings (SSSR count). The number of nitro groups is 1. The van der Waals surface area contributed by atoms with Crippen molar-refractivity contribution >= 4 is 11.6 Å². The van der Waals surface area contributed by atoms with Gasteiger partial charge >= 0.3 is 0 Å². The molecule has 1 aromatic rings. The summed E-state index contributed by atoms with van der Waals surface area (Å²) in [6.45, 7) is -0.136. The predicted molar refractivity (Wildman–Crippen MR) is 73.4 cm³/mol. The van der Waals surface area contributed by atoms with Crippen molar-refractivity contribution in [1.29, 1.82) is 0 Å². The van der Waals surface area contributed by atoms with E-state index < -0.39 is 22.3 Å². The molecule has 0 bridgehead atoms. The second-order valence-corrected chi connectivity index (χ2v) is 5.08. The standard InChI is InChI=1S/C14H17FN2O4/c15-10-5-6-13(17(20)21)12(9-10)14(19)16(7-8-18)11-3-1-2-4-11/h5-6,9,11,18H,1-4,7-8H2. The van der Waals surface area contributed by atoms with Crippen LogP contribution in [0.15, 0.2) is 18.2 Å². The van der Waals surface area contributed by atoms with Crippen LogP contribution in [-0.4, -0.2) is 40.0 Å². The third kappa shape index (κ3) is 3.36. The maximum absolute atomic E-state index is 13.4. The fourth-order valence-electron chi connectivity index (χ4n) is 2.77. The van der Waals surface area contributed by atoms with Gasteiger partial charge in [-0.25, -0.2) is 4.39 Å². The van der Waals surface area contributed by atoms with Crippen LogP contribution < -0.4 is 0 Å². The number of hydrogen-bond acceptors (Lipinski definition) is 4. The fraction of sp³-hybridized carbons (Fsp3) is 0.500. The van der Waals surface area contributed by atoms with E-state index in [2.05, 4.69) is 0 Å². The van der Waals surface area contributed by atoms with Crippen molar-refractivity contribution in [3.8, 4) is 0 Å². The minimum Gasteiger partial charge on any atom is -0.395 e. The van der Waals surface area contributed by atoms with E-state index >= 15 is 0 Å². The van der Waals surface area contributed by atoms with Gasteiger partial charge in [0.05, 0.1) is 11.5 Å². The van der Waals surface area contributed by atoms with Crippen molar-refractivity contribution in [3.05, 3.63) is 39.7 Å². The van der Waals surface area contributed by atoms with Gasteiger partial charge in [-0.05, 0) is 25.0 Å². The van der Waals surface area contributed by atoms with E-state index in [1.807, 2.05) is 0 Å². The van der Waals surface area contributed by atoms with Crippen molar-refractivity contribution in [2.24, 2.45) is 0 Å². The molecule has 1 saturated carbocycles. The summed E-state index contributed by atoms with van der Waals surface area (Å²) < 4.78 is 13.4. The van der Waals surface area contributed by atoms with Crippen LogP contribution in [-0.2, 0) is 0 Å². The lowest BCUT2D eigenvalue weighted by Gasteiger charge is -2.28. The van der Waals surface area contributed by atoms with E-state index in [1.54, 1.807) is 0 Å². The van der Waals surface area contributed by atoms with Gasteiger partial charge < -0.3 is 10.0 Å². The van der Waals surface area contributed by atoms with Gasteiger partial charge in [-0.1, -0.05) is 12.8 Å². The third-order valence-corrected chi connectivity index (χ3v) is 3.75. The number of rotatable bonds is 5. The Hall–Kier alpha value is -2.02. The highest BCUT2D eigenvalue weighted by Crippen LogP contribution is 2.27. The summed E-state index contributed by atoms with van der Waals surface area (Å²) in [4.78, 5) is 24.3. The summed E-state index contributed by atoms with van der Waals surface area (Å²) in [5.41, 5.74) is -0.678. The number of carbonyl (C=O) groups excluding carboxylic acids is 1. The second kappa shape index (κ2) is 6.62. The average Bonchev–Trinajstić information content (AvgIpc) is 2.97. The van der Waals surface area contributed by atoms with E-state index in [-0.39, 0.29) is 24.8 Å². The first-order chi connectivity index (χ1) is 10.0. The molecule has 1 amide bonds. The van der Waals surface area contributed by atoms with Crippen LogP contribution >= 0.6 is 0 Å². The molecule has 0 radical (unpaired) electrons. The molecule has 114 valence electrons. The summed E-state index contributed by atoms with van der Waals surface area (Å²) in [5.74, 6) is -1.29. The molecule has 0 aromatic heterocycles. The zero-order valence-corrected chi connectivity index (χ0v) is 11.5. The highest BCUT2D eigenvalue weighted by Gasteiger charge is 2.31. The second-order valence-electron chi connectivity index (χ2n) is 5.08. The minimum atomic E-state index is -0.696. The molecule has 0 heterocycles. The van der Waals surface area contributed by atoms with E-state index in [1.165, 1.54) is 4.90 Å². The number of aliphatic hydroxyl groups excluding tert-OH is 1. The molecular formula is C14H17FN2O4. The fourth-order valence-corrected chi connectivity index (χ4v) is 2.77. The Morgan fingerprint density at radius 2 is 2.10 bits per heavy atom. The Kier molecular flexibility index (Phi) is 4.85. The highest BCUT2D eigenvalue weighted by molar-refractivity contribution is 5.98. The molecule has 0 atom stereocenters. The maximum Gasteiger partial charge on any atom is 0.282 e. The first kappa shape index (κ1) is 15.4. The Bertz CT molecular complexity index is 544. The van der Waals surface area contributed by atoms with Gasteiger partial charge in [0, 0.05) is 18.7 Å². The molecule has 1 fully saturated rings. The topological polar surface area (TPSA) is 83.7 Å². The summed E-state index contributed by atoms with van der Waals surface area (Å²) in [6, 6.07) is 2.79. The van der Waals surface area contributed by atoms with Crippen LogP contribution in [0.1, 0.15) is 36.0 Å². The van der Waals surface area contributed by atoms with Crippen LogP contribution in [0.25, 0.3) is 0 Å². The Morgan fingerprint density at radius 3 is 2.67 bits per heavy atom. The van der Waals surface area contributed by atoms with Crippen molar-refractivity contribution in [3.63, 3.8) is 0 Å². The average molecular weight is 296 g/mol. The zero-order chi connectivity index (χ0) is 15.4. The first-order valence-corrected chi connectivity index (χ1v) is 6.90. The molecule has 6 nitrogen and oxygen atoms in total. The van der Waals surface area contributed by atoms with Crippen molar-refractivity contribution in [2.45, 2.75) is 31.7 Å². The molecule has 0 spiro atoms. The SMILES string of the molecule is O=C(c1cc(F)ccc1[N+](=O)[O-])N(CCO)C1CCCC1. The smallest absolute Gasteiger partial charge is 0.282 e. The number of nitrogens with zero attached hydrogens (tertiary/aromatic N) is 2. The van der Waals surface area contributed by atoms with Gasteiger partial charge in [-0.15, -0.1) is 0 Å². The Balaban J connectivity index is 2.35.